The molecule has 3 heteroatoms. The Hall–Kier alpha value is -2.13. The minimum Gasteiger partial charge on any atom is -0.378 e. The summed E-state index contributed by atoms with van der Waals surface area (Å²) in [5.41, 5.74) is 6.69. The number of halogens is 1. The molecule has 1 heterocycles. The number of ether oxygens (including phenoxy) is 1. The molecule has 0 spiro atoms. The van der Waals surface area contributed by atoms with Crippen molar-refractivity contribution in [3.05, 3.63) is 94.5 Å². The first-order valence-corrected chi connectivity index (χ1v) is 10.8. The number of rotatable bonds is 5. The average Bonchev–Trinajstić information content (AvgIpc) is 2.75. The molecule has 0 unspecified atom stereocenters. The Labute approximate surface area is 179 Å². The van der Waals surface area contributed by atoms with Crippen LogP contribution in [0.5, 0.6) is 0 Å². The lowest BCUT2D eigenvalue weighted by Crippen LogP contribution is -2.39. The van der Waals surface area contributed by atoms with Gasteiger partial charge in [0.2, 0.25) is 0 Å². The van der Waals surface area contributed by atoms with E-state index >= 15 is 0 Å². The number of hydrogen-bond donors (Lipinski definition) is 0. The summed E-state index contributed by atoms with van der Waals surface area (Å²) in [6, 6.07) is 26.0. The summed E-state index contributed by atoms with van der Waals surface area (Å²) in [6.07, 6.45) is 0. The normalized spacial score (nSPS) is 17.6. The third-order valence-electron chi connectivity index (χ3n) is 5.76. The van der Waals surface area contributed by atoms with E-state index in [4.69, 9.17) is 16.3 Å². The van der Waals surface area contributed by atoms with E-state index in [0.29, 0.717) is 12.5 Å². The van der Waals surface area contributed by atoms with E-state index < -0.39 is 0 Å². The van der Waals surface area contributed by atoms with Crippen LogP contribution in [0.3, 0.4) is 0 Å². The highest BCUT2D eigenvalue weighted by Gasteiger charge is 2.25. The molecule has 1 aliphatic rings. The van der Waals surface area contributed by atoms with Crippen molar-refractivity contribution in [3.8, 4) is 11.1 Å². The summed E-state index contributed by atoms with van der Waals surface area (Å²) < 4.78 is 5.83. The Kier molecular flexibility index (Phi) is 6.34. The molecule has 1 aliphatic heterocycles. The molecule has 1 fully saturated rings. The number of nitrogens with zero attached hydrogens (tertiary/aromatic N) is 1. The zero-order valence-corrected chi connectivity index (χ0v) is 17.9. The molecule has 29 heavy (non-hydrogen) atoms. The first kappa shape index (κ1) is 20.2. The van der Waals surface area contributed by atoms with Crippen molar-refractivity contribution in [1.82, 2.24) is 4.90 Å². The molecule has 0 aliphatic carbocycles. The van der Waals surface area contributed by atoms with Crippen LogP contribution in [-0.2, 0) is 11.3 Å². The van der Waals surface area contributed by atoms with E-state index in [9.17, 15) is 0 Å². The van der Waals surface area contributed by atoms with Gasteiger partial charge in [-0.2, -0.15) is 0 Å². The van der Waals surface area contributed by atoms with Crippen molar-refractivity contribution in [2.45, 2.75) is 32.4 Å². The molecule has 4 rings (SSSR count). The molecule has 0 bridgehead atoms. The summed E-state index contributed by atoms with van der Waals surface area (Å²) in [6.45, 7) is 7.84. The van der Waals surface area contributed by atoms with Crippen LogP contribution in [0.1, 0.15) is 42.5 Å². The fourth-order valence-corrected chi connectivity index (χ4v) is 4.33. The van der Waals surface area contributed by atoms with Gasteiger partial charge < -0.3 is 4.74 Å². The Morgan fingerprint density at radius 3 is 2.38 bits per heavy atom. The molecule has 0 saturated carbocycles. The van der Waals surface area contributed by atoms with E-state index in [2.05, 4.69) is 79.4 Å². The fourth-order valence-electron chi connectivity index (χ4n) is 4.20. The van der Waals surface area contributed by atoms with E-state index in [1.165, 1.54) is 27.8 Å². The lowest BCUT2D eigenvalue weighted by atomic mass is 9.90. The Morgan fingerprint density at radius 2 is 1.62 bits per heavy atom. The lowest BCUT2D eigenvalue weighted by molar-refractivity contribution is -0.0126. The minimum atomic E-state index is 0.245. The summed E-state index contributed by atoms with van der Waals surface area (Å²) in [5.74, 6) is 0.490. The highest BCUT2D eigenvalue weighted by atomic mass is 35.5. The van der Waals surface area contributed by atoms with Gasteiger partial charge in [-0.1, -0.05) is 86.1 Å². The Bertz CT molecular complexity index is 951. The zero-order chi connectivity index (χ0) is 20.2. The molecule has 3 aromatic carbocycles. The highest BCUT2D eigenvalue weighted by Crippen LogP contribution is 2.34. The molecule has 0 radical (unpaired) electrons. The maximum absolute atomic E-state index is 6.10. The van der Waals surface area contributed by atoms with Crippen molar-refractivity contribution in [3.63, 3.8) is 0 Å². The SMILES string of the molecule is CC(C)c1ccccc1-c1ccccc1CN1CCOC[C@H]1c1ccc(Cl)cc1. The molecule has 1 saturated heterocycles. The van der Waals surface area contributed by atoms with Crippen molar-refractivity contribution in [2.24, 2.45) is 0 Å². The fraction of sp³-hybridized carbons (Fsp3) is 0.308. The van der Waals surface area contributed by atoms with E-state index in [-0.39, 0.29) is 6.04 Å². The van der Waals surface area contributed by atoms with Crippen molar-refractivity contribution < 1.29 is 4.74 Å². The van der Waals surface area contributed by atoms with Crippen LogP contribution in [0.4, 0.5) is 0 Å². The number of benzene rings is 3. The van der Waals surface area contributed by atoms with Crippen LogP contribution in [0.25, 0.3) is 11.1 Å². The maximum atomic E-state index is 6.10. The van der Waals surface area contributed by atoms with Crippen molar-refractivity contribution >= 4 is 11.6 Å². The molecular weight excluding hydrogens is 378 g/mol. The van der Waals surface area contributed by atoms with Gasteiger partial charge in [-0.3, -0.25) is 4.90 Å². The van der Waals surface area contributed by atoms with Crippen molar-refractivity contribution in [1.29, 1.82) is 0 Å². The predicted octanol–water partition coefficient (Wildman–Crippen LogP) is 6.70. The monoisotopic (exact) mass is 405 g/mol. The maximum Gasteiger partial charge on any atom is 0.0664 e. The van der Waals surface area contributed by atoms with Gasteiger partial charge in [0.25, 0.3) is 0 Å². The van der Waals surface area contributed by atoms with Crippen LogP contribution < -0.4 is 0 Å². The Balaban J connectivity index is 1.67. The lowest BCUT2D eigenvalue weighted by Gasteiger charge is -2.36. The predicted molar refractivity (Wildman–Crippen MR) is 121 cm³/mol. The number of morpholine rings is 1. The van der Waals surface area contributed by atoms with Gasteiger partial charge in [0.1, 0.15) is 0 Å². The zero-order valence-electron chi connectivity index (χ0n) is 17.1. The van der Waals surface area contributed by atoms with E-state index in [1.54, 1.807) is 0 Å². The van der Waals surface area contributed by atoms with E-state index in [1.807, 2.05) is 12.1 Å². The van der Waals surface area contributed by atoms with Crippen LogP contribution >= 0.6 is 11.6 Å². The van der Waals surface area contributed by atoms with Gasteiger partial charge >= 0.3 is 0 Å². The molecule has 0 amide bonds. The smallest absolute Gasteiger partial charge is 0.0664 e. The highest BCUT2D eigenvalue weighted by molar-refractivity contribution is 6.30. The van der Waals surface area contributed by atoms with Crippen LogP contribution in [0.15, 0.2) is 72.8 Å². The van der Waals surface area contributed by atoms with Crippen LogP contribution in [0.2, 0.25) is 5.02 Å². The molecule has 150 valence electrons. The average molecular weight is 406 g/mol. The third-order valence-corrected chi connectivity index (χ3v) is 6.01. The van der Waals surface area contributed by atoms with Gasteiger partial charge in [0.15, 0.2) is 0 Å². The summed E-state index contributed by atoms with van der Waals surface area (Å²) >= 11 is 6.10. The molecular formula is C26H28ClNO. The summed E-state index contributed by atoms with van der Waals surface area (Å²) in [5, 5.41) is 0.771. The Morgan fingerprint density at radius 1 is 0.931 bits per heavy atom. The largest absolute Gasteiger partial charge is 0.378 e. The molecule has 3 aromatic rings. The first-order valence-electron chi connectivity index (χ1n) is 10.4. The molecule has 0 aromatic heterocycles. The molecule has 1 atom stereocenters. The summed E-state index contributed by atoms with van der Waals surface area (Å²) in [7, 11) is 0. The third kappa shape index (κ3) is 4.56. The topological polar surface area (TPSA) is 12.5 Å². The first-order chi connectivity index (χ1) is 14.1. The molecule has 2 nitrogen and oxygen atoms in total. The summed E-state index contributed by atoms with van der Waals surface area (Å²) in [4.78, 5) is 2.53. The second-order valence-corrected chi connectivity index (χ2v) is 8.45. The van der Waals surface area contributed by atoms with Gasteiger partial charge in [-0.15, -0.1) is 0 Å². The van der Waals surface area contributed by atoms with Gasteiger partial charge in [-0.25, -0.2) is 0 Å². The minimum absolute atomic E-state index is 0.245. The second kappa shape index (κ2) is 9.13. The molecule has 0 N–H and O–H groups in total. The van der Waals surface area contributed by atoms with Gasteiger partial charge in [0, 0.05) is 18.1 Å². The second-order valence-electron chi connectivity index (χ2n) is 8.01. The van der Waals surface area contributed by atoms with Gasteiger partial charge in [-0.05, 0) is 45.9 Å². The quantitative estimate of drug-likeness (QED) is 0.468. The van der Waals surface area contributed by atoms with Crippen LogP contribution in [0, 0.1) is 0 Å². The van der Waals surface area contributed by atoms with Crippen LogP contribution in [-0.4, -0.2) is 24.7 Å². The van der Waals surface area contributed by atoms with E-state index in [0.717, 1.165) is 24.7 Å². The number of hydrogen-bond acceptors (Lipinski definition) is 2. The van der Waals surface area contributed by atoms with Gasteiger partial charge in [0.05, 0.1) is 19.3 Å². The standard InChI is InChI=1S/C26H28ClNO/c1-19(2)23-8-5-6-10-25(23)24-9-4-3-7-21(24)17-28-15-16-29-18-26(28)20-11-13-22(27)14-12-20/h3-14,19,26H,15-18H2,1-2H3/t26-/m0/s1. The van der Waals surface area contributed by atoms with Crippen molar-refractivity contribution in [2.75, 3.05) is 19.8 Å².